The minimum absolute atomic E-state index is 0.0923. The third kappa shape index (κ3) is 4.35. The predicted octanol–water partition coefficient (Wildman–Crippen LogP) is 5.78. The second-order valence-electron chi connectivity index (χ2n) is 6.23. The zero-order valence-electron chi connectivity index (χ0n) is 15.2. The molecule has 136 valence electrons. The van der Waals surface area contributed by atoms with Crippen LogP contribution in [0.5, 0.6) is 0 Å². The summed E-state index contributed by atoms with van der Waals surface area (Å²) in [5, 5.41) is 1.79. The number of aromatic nitrogens is 2. The van der Waals surface area contributed by atoms with Crippen LogP contribution in [0.1, 0.15) is 21.7 Å². The van der Waals surface area contributed by atoms with Crippen molar-refractivity contribution in [2.75, 3.05) is 5.75 Å². The molecular weight excluding hydrogens is 364 g/mol. The first-order chi connectivity index (χ1) is 13.8. The minimum Gasteiger partial charge on any atom is -0.293 e. The van der Waals surface area contributed by atoms with Crippen LogP contribution in [0, 0.1) is 0 Å². The van der Waals surface area contributed by atoms with Crippen LogP contribution in [0.15, 0.2) is 90.0 Å². The van der Waals surface area contributed by atoms with E-state index >= 15 is 0 Å². The fraction of sp³-hybridized carbons (Fsp3) is 0.0417. The van der Waals surface area contributed by atoms with Crippen molar-refractivity contribution in [2.24, 2.45) is 0 Å². The maximum atomic E-state index is 12.5. The monoisotopic (exact) mass is 382 g/mol. The molecule has 0 atom stereocenters. The fourth-order valence-electron chi connectivity index (χ4n) is 2.83. The summed E-state index contributed by atoms with van der Waals surface area (Å²) in [7, 11) is 0. The summed E-state index contributed by atoms with van der Waals surface area (Å²) in [5.41, 5.74) is 2.69. The Morgan fingerprint density at radius 2 is 1.46 bits per heavy atom. The van der Waals surface area contributed by atoms with Crippen LogP contribution in [0.2, 0.25) is 0 Å². The molecule has 0 fully saturated rings. The van der Waals surface area contributed by atoms with E-state index < -0.39 is 0 Å². The van der Waals surface area contributed by atoms with Gasteiger partial charge in [0, 0.05) is 10.9 Å². The van der Waals surface area contributed by atoms with Gasteiger partial charge in [0.15, 0.2) is 11.6 Å². The van der Waals surface area contributed by atoms with Crippen molar-refractivity contribution in [1.29, 1.82) is 0 Å². The smallest absolute Gasteiger partial charge is 0.173 e. The lowest BCUT2D eigenvalue weighted by atomic mass is 10.2. The van der Waals surface area contributed by atoms with Crippen molar-refractivity contribution in [3.05, 3.63) is 102 Å². The molecule has 1 aromatic heterocycles. The van der Waals surface area contributed by atoms with Gasteiger partial charge in [-0.2, -0.15) is 0 Å². The third-order valence-electron chi connectivity index (χ3n) is 4.25. The van der Waals surface area contributed by atoms with Crippen LogP contribution in [0.3, 0.4) is 0 Å². The molecule has 0 saturated carbocycles. The topological polar surface area (TPSA) is 42.9 Å². The average molecular weight is 382 g/mol. The molecule has 0 aliphatic rings. The van der Waals surface area contributed by atoms with Crippen LogP contribution in [0.4, 0.5) is 0 Å². The molecule has 4 aromatic rings. The molecule has 0 unspecified atom stereocenters. The van der Waals surface area contributed by atoms with E-state index in [-0.39, 0.29) is 5.78 Å². The van der Waals surface area contributed by atoms with E-state index in [9.17, 15) is 4.79 Å². The van der Waals surface area contributed by atoms with Crippen molar-refractivity contribution >= 4 is 40.6 Å². The van der Waals surface area contributed by atoms with Crippen molar-refractivity contribution in [3.8, 4) is 0 Å². The molecule has 0 aliphatic carbocycles. The second kappa shape index (κ2) is 8.63. The van der Waals surface area contributed by atoms with Gasteiger partial charge >= 0.3 is 0 Å². The van der Waals surface area contributed by atoms with E-state index in [1.807, 2.05) is 97.1 Å². The Morgan fingerprint density at radius 1 is 0.786 bits per heavy atom. The summed E-state index contributed by atoms with van der Waals surface area (Å²) in [4.78, 5) is 21.8. The second-order valence-corrected chi connectivity index (χ2v) is 7.19. The Morgan fingerprint density at radius 3 is 2.25 bits per heavy atom. The number of carbonyl (C=O) groups excluding carboxylic acids is 1. The van der Waals surface area contributed by atoms with Crippen LogP contribution in [-0.2, 0) is 0 Å². The zero-order chi connectivity index (χ0) is 19.2. The number of nitrogens with zero attached hydrogens (tertiary/aromatic N) is 2. The van der Waals surface area contributed by atoms with Crippen molar-refractivity contribution in [3.63, 3.8) is 0 Å². The molecule has 3 aromatic carbocycles. The number of carbonyl (C=O) groups is 1. The first-order valence-corrected chi connectivity index (χ1v) is 9.99. The van der Waals surface area contributed by atoms with Crippen molar-refractivity contribution in [1.82, 2.24) is 9.97 Å². The van der Waals surface area contributed by atoms with E-state index in [0.29, 0.717) is 11.6 Å². The quantitative estimate of drug-likeness (QED) is 0.241. The van der Waals surface area contributed by atoms with Crippen LogP contribution < -0.4 is 0 Å². The first kappa shape index (κ1) is 18.1. The van der Waals surface area contributed by atoms with Gasteiger partial charge in [0.1, 0.15) is 5.03 Å². The number of hydrogen-bond donors (Lipinski definition) is 0. The van der Waals surface area contributed by atoms with E-state index in [1.165, 1.54) is 11.8 Å². The first-order valence-electron chi connectivity index (χ1n) is 9.00. The largest absolute Gasteiger partial charge is 0.293 e. The lowest BCUT2D eigenvalue weighted by molar-refractivity contribution is 0.102. The standard InChI is InChI=1S/C24H18N2OS/c27-22(19-11-5-2-6-12-19)17-28-24-20-13-7-8-14-21(20)25-23(26-24)16-15-18-9-3-1-4-10-18/h1-16H,17H2. The Bertz CT molecular complexity index is 1130. The number of fused-ring (bicyclic) bond motifs is 1. The lowest BCUT2D eigenvalue weighted by Gasteiger charge is -2.07. The number of Topliss-reactive ketones (excluding diaryl/α,β-unsaturated/α-hetero) is 1. The molecule has 3 nitrogen and oxygen atoms in total. The predicted molar refractivity (Wildman–Crippen MR) is 116 cm³/mol. The zero-order valence-corrected chi connectivity index (χ0v) is 16.0. The molecule has 0 radical (unpaired) electrons. The van der Waals surface area contributed by atoms with Gasteiger partial charge in [-0.05, 0) is 17.7 Å². The summed E-state index contributed by atoms with van der Waals surface area (Å²) in [5.74, 6) is 1.07. The molecule has 4 heteroatoms. The Kier molecular flexibility index (Phi) is 5.59. The van der Waals surface area contributed by atoms with Gasteiger partial charge in [0.2, 0.25) is 0 Å². The van der Waals surface area contributed by atoms with Gasteiger partial charge in [-0.1, -0.05) is 96.7 Å². The molecule has 0 aliphatic heterocycles. The highest BCUT2D eigenvalue weighted by Gasteiger charge is 2.11. The number of thioether (sulfide) groups is 1. The summed E-state index contributed by atoms with van der Waals surface area (Å²) in [6.07, 6.45) is 3.90. The summed E-state index contributed by atoms with van der Waals surface area (Å²) in [6, 6.07) is 27.3. The molecule has 0 saturated heterocycles. The van der Waals surface area contributed by atoms with Crippen LogP contribution in [-0.4, -0.2) is 21.5 Å². The molecule has 4 rings (SSSR count). The fourth-order valence-corrected chi connectivity index (χ4v) is 3.75. The number of hydrogen-bond acceptors (Lipinski definition) is 4. The Hall–Kier alpha value is -3.24. The van der Waals surface area contributed by atoms with Crippen molar-refractivity contribution < 1.29 is 4.79 Å². The molecule has 1 heterocycles. The minimum atomic E-state index is 0.0923. The highest BCUT2D eigenvalue weighted by molar-refractivity contribution is 8.00. The maximum absolute atomic E-state index is 12.5. The van der Waals surface area contributed by atoms with Gasteiger partial charge in [-0.3, -0.25) is 4.79 Å². The van der Waals surface area contributed by atoms with Gasteiger partial charge < -0.3 is 0 Å². The van der Waals surface area contributed by atoms with Gasteiger partial charge in [0.05, 0.1) is 11.3 Å². The van der Waals surface area contributed by atoms with E-state index in [4.69, 9.17) is 4.98 Å². The SMILES string of the molecule is O=C(CSc1nc(C=Cc2ccccc2)nc2ccccc12)c1ccccc1. The highest BCUT2D eigenvalue weighted by atomic mass is 32.2. The summed E-state index contributed by atoms with van der Waals surface area (Å²) >= 11 is 1.45. The number of para-hydroxylation sites is 1. The van der Waals surface area contributed by atoms with Crippen LogP contribution in [0.25, 0.3) is 23.1 Å². The Labute approximate surface area is 168 Å². The lowest BCUT2D eigenvalue weighted by Crippen LogP contribution is -2.03. The van der Waals surface area contributed by atoms with Gasteiger partial charge in [-0.15, -0.1) is 0 Å². The molecule has 0 bridgehead atoms. The molecule has 0 spiro atoms. The van der Waals surface area contributed by atoms with Crippen molar-refractivity contribution in [2.45, 2.75) is 5.03 Å². The number of ketones is 1. The van der Waals surface area contributed by atoms with E-state index in [0.717, 1.165) is 27.1 Å². The third-order valence-corrected chi connectivity index (χ3v) is 5.24. The van der Waals surface area contributed by atoms with Crippen LogP contribution >= 0.6 is 11.8 Å². The summed E-state index contributed by atoms with van der Waals surface area (Å²) < 4.78 is 0. The van der Waals surface area contributed by atoms with Gasteiger partial charge in [0.25, 0.3) is 0 Å². The van der Waals surface area contributed by atoms with Gasteiger partial charge in [-0.25, -0.2) is 9.97 Å². The molecular formula is C24H18N2OS. The summed E-state index contributed by atoms with van der Waals surface area (Å²) in [6.45, 7) is 0. The highest BCUT2D eigenvalue weighted by Crippen LogP contribution is 2.26. The molecule has 0 amide bonds. The Balaban J connectivity index is 1.61. The maximum Gasteiger partial charge on any atom is 0.173 e. The molecule has 28 heavy (non-hydrogen) atoms. The average Bonchev–Trinajstić information content (AvgIpc) is 2.77. The van der Waals surface area contributed by atoms with E-state index in [2.05, 4.69) is 4.98 Å². The van der Waals surface area contributed by atoms with E-state index in [1.54, 1.807) is 0 Å². The number of rotatable bonds is 6. The normalized spacial score (nSPS) is 11.1. The number of benzene rings is 3. The molecule has 0 N–H and O–H groups in total.